The van der Waals surface area contributed by atoms with Crippen molar-refractivity contribution in [3.05, 3.63) is 41.7 Å². The molecule has 0 N–H and O–H groups in total. The van der Waals surface area contributed by atoms with Crippen LogP contribution in [0, 0.1) is 29.4 Å². The smallest absolute Gasteiger partial charge is 0.305 e. The summed E-state index contributed by atoms with van der Waals surface area (Å²) in [5.41, 5.74) is 0.227. The Kier molecular flexibility index (Phi) is 6.43. The number of hydrogen-bond donors (Lipinski definition) is 0. The predicted molar refractivity (Wildman–Crippen MR) is 93.4 cm³/mol. The topological polar surface area (TPSA) is 9.23 Å². The van der Waals surface area contributed by atoms with E-state index >= 15 is 0 Å². The van der Waals surface area contributed by atoms with E-state index in [0.29, 0.717) is 24.7 Å². The summed E-state index contributed by atoms with van der Waals surface area (Å²) in [4.78, 5) is 0. The molecule has 0 amide bonds. The molecule has 1 nitrogen and oxygen atoms in total. The highest BCUT2D eigenvalue weighted by Crippen LogP contribution is 2.45. The molecule has 1 aromatic carbocycles. The van der Waals surface area contributed by atoms with Crippen LogP contribution in [-0.2, 0) is 0 Å². The molecule has 0 aliphatic heterocycles. The Balaban J connectivity index is 1.68. The van der Waals surface area contributed by atoms with Gasteiger partial charge in [-0.3, -0.25) is 0 Å². The van der Waals surface area contributed by atoms with Gasteiger partial charge in [0.2, 0.25) is 0 Å². The first-order valence-corrected chi connectivity index (χ1v) is 9.66. The second-order valence-electron chi connectivity index (χ2n) is 8.05. The molecule has 27 heavy (non-hydrogen) atoms. The van der Waals surface area contributed by atoms with Crippen LogP contribution in [0.5, 0.6) is 5.75 Å². The van der Waals surface area contributed by atoms with Crippen molar-refractivity contribution in [3.63, 3.8) is 0 Å². The van der Waals surface area contributed by atoms with E-state index in [1.54, 1.807) is 0 Å². The number of alkyl halides is 1. The molecule has 0 bridgehead atoms. The molecule has 0 aromatic heterocycles. The molecule has 0 radical (unpaired) electrons. The van der Waals surface area contributed by atoms with Crippen LogP contribution in [0.1, 0.15) is 63.4 Å². The van der Waals surface area contributed by atoms with Gasteiger partial charge in [-0.2, -0.15) is 8.78 Å². The standard InChI is InChI=1S/C21H25F5O/c1-12-2-4-13(5-3-12)14-6-7-16(17(22)8-14)15-9-18(23)21(19(24)10-15)27-11-20(25)26/h9-14,16-17H,2-8H2,1H3/t12?,13?,14?,16-,17?/m0/s1. The monoisotopic (exact) mass is 388 g/mol. The Hall–Kier alpha value is -1.59. The number of halogens is 5. The Morgan fingerprint density at radius 3 is 2.11 bits per heavy atom. The normalized spacial score (nSPS) is 31.4. The zero-order valence-electron chi connectivity index (χ0n) is 15.4. The van der Waals surface area contributed by atoms with E-state index in [1.165, 1.54) is 12.8 Å². The molecule has 2 aliphatic rings. The first kappa shape index (κ1) is 20.2. The fraction of sp³-hybridized carbons (Fsp3) is 0.619. The highest BCUT2D eigenvalue weighted by atomic mass is 19.3. The lowest BCUT2D eigenvalue weighted by Gasteiger charge is -2.39. The van der Waals surface area contributed by atoms with Crippen molar-refractivity contribution in [1.82, 2.24) is 0 Å². The molecule has 3 rings (SSSR count). The van der Waals surface area contributed by atoms with Crippen LogP contribution < -0.4 is 4.74 Å². The molecule has 2 fully saturated rings. The zero-order chi connectivity index (χ0) is 19.6. The Morgan fingerprint density at radius 1 is 0.963 bits per heavy atom. The maximum absolute atomic E-state index is 14.8. The van der Waals surface area contributed by atoms with E-state index in [2.05, 4.69) is 11.7 Å². The molecule has 2 unspecified atom stereocenters. The Bertz CT molecular complexity index is 654. The third-order valence-electron chi connectivity index (χ3n) is 6.25. The van der Waals surface area contributed by atoms with Gasteiger partial charge in [0.1, 0.15) is 6.17 Å². The second kappa shape index (κ2) is 8.61. The third kappa shape index (κ3) is 4.82. The van der Waals surface area contributed by atoms with Crippen molar-refractivity contribution in [2.45, 2.75) is 64.0 Å². The molecule has 2 saturated carbocycles. The lowest BCUT2D eigenvalue weighted by molar-refractivity contribution is 0.105. The molecular weight excluding hydrogens is 363 g/mol. The van der Waals surface area contributed by atoms with Crippen LogP contribution in [-0.4, -0.2) is 6.17 Å². The maximum atomic E-state index is 14.8. The van der Waals surface area contributed by atoms with E-state index in [4.69, 9.17) is 0 Å². The van der Waals surface area contributed by atoms with Gasteiger partial charge in [0.25, 0.3) is 0 Å². The van der Waals surface area contributed by atoms with Crippen molar-refractivity contribution < 1.29 is 26.7 Å². The van der Waals surface area contributed by atoms with Gasteiger partial charge in [-0.1, -0.05) is 19.8 Å². The number of hydrogen-bond acceptors (Lipinski definition) is 1. The van der Waals surface area contributed by atoms with Crippen molar-refractivity contribution in [1.29, 1.82) is 0 Å². The van der Waals surface area contributed by atoms with Crippen molar-refractivity contribution in [2.24, 2.45) is 17.8 Å². The van der Waals surface area contributed by atoms with Crippen LogP contribution in [0.25, 0.3) is 0 Å². The van der Waals surface area contributed by atoms with Crippen LogP contribution in [0.15, 0.2) is 24.5 Å². The second-order valence-corrected chi connectivity index (χ2v) is 8.05. The van der Waals surface area contributed by atoms with E-state index in [1.807, 2.05) is 0 Å². The minimum atomic E-state index is -2.20. The summed E-state index contributed by atoms with van der Waals surface area (Å²) in [5, 5.41) is 0. The Morgan fingerprint density at radius 2 is 1.56 bits per heavy atom. The lowest BCUT2D eigenvalue weighted by atomic mass is 9.68. The van der Waals surface area contributed by atoms with E-state index in [9.17, 15) is 22.0 Å². The van der Waals surface area contributed by atoms with Crippen LogP contribution in [0.4, 0.5) is 22.0 Å². The van der Waals surface area contributed by atoms with Crippen LogP contribution in [0.2, 0.25) is 0 Å². The summed E-state index contributed by atoms with van der Waals surface area (Å²) in [6.45, 7) is 2.25. The largest absolute Gasteiger partial charge is 0.453 e. The number of rotatable bonds is 4. The highest BCUT2D eigenvalue weighted by Gasteiger charge is 2.36. The minimum absolute atomic E-state index is 0.0185. The van der Waals surface area contributed by atoms with Crippen molar-refractivity contribution in [2.75, 3.05) is 0 Å². The molecule has 6 heteroatoms. The van der Waals surface area contributed by atoms with Gasteiger partial charge in [-0.15, -0.1) is 0 Å². The third-order valence-corrected chi connectivity index (χ3v) is 6.25. The van der Waals surface area contributed by atoms with E-state index < -0.39 is 35.6 Å². The molecule has 0 heterocycles. The first-order chi connectivity index (χ1) is 12.8. The average molecular weight is 388 g/mol. The van der Waals surface area contributed by atoms with E-state index in [0.717, 1.165) is 37.3 Å². The summed E-state index contributed by atoms with van der Waals surface area (Å²) in [7, 11) is 0. The maximum Gasteiger partial charge on any atom is 0.305 e. The Labute approximate surface area is 156 Å². The van der Waals surface area contributed by atoms with Crippen LogP contribution >= 0.6 is 0 Å². The fourth-order valence-electron chi connectivity index (χ4n) is 4.72. The highest BCUT2D eigenvalue weighted by molar-refractivity contribution is 5.34. The summed E-state index contributed by atoms with van der Waals surface area (Å²) in [6.07, 6.45) is 3.08. The van der Waals surface area contributed by atoms with Gasteiger partial charge < -0.3 is 4.74 Å². The summed E-state index contributed by atoms with van der Waals surface area (Å²) in [5.74, 6) is -2.05. The van der Waals surface area contributed by atoms with E-state index in [-0.39, 0.29) is 11.8 Å². The van der Waals surface area contributed by atoms with Gasteiger partial charge in [0, 0.05) is 5.92 Å². The van der Waals surface area contributed by atoms with Gasteiger partial charge in [-0.05, 0) is 67.6 Å². The molecular formula is C21H25F5O. The molecule has 0 saturated heterocycles. The zero-order valence-corrected chi connectivity index (χ0v) is 15.4. The quantitative estimate of drug-likeness (QED) is 0.394. The van der Waals surface area contributed by atoms with Crippen molar-refractivity contribution >= 4 is 0 Å². The van der Waals surface area contributed by atoms with Crippen molar-refractivity contribution in [3.8, 4) is 5.75 Å². The number of ether oxygens (including phenoxy) is 1. The average Bonchev–Trinajstić information content (AvgIpc) is 2.61. The van der Waals surface area contributed by atoms with Gasteiger partial charge in [-0.25, -0.2) is 13.2 Å². The first-order valence-electron chi connectivity index (χ1n) is 9.66. The molecule has 150 valence electrons. The number of benzene rings is 1. The van der Waals surface area contributed by atoms with Crippen LogP contribution in [0.3, 0.4) is 0 Å². The summed E-state index contributed by atoms with van der Waals surface area (Å²) < 4.78 is 71.5. The lowest BCUT2D eigenvalue weighted by Crippen LogP contribution is -2.31. The van der Waals surface area contributed by atoms with Gasteiger partial charge in [0.05, 0.1) is 0 Å². The molecule has 3 atom stereocenters. The summed E-state index contributed by atoms with van der Waals surface area (Å²) in [6, 6.07) is 2.00. The predicted octanol–water partition coefficient (Wildman–Crippen LogP) is 7.13. The minimum Gasteiger partial charge on any atom is -0.453 e. The van der Waals surface area contributed by atoms with Gasteiger partial charge >= 0.3 is 6.08 Å². The molecule has 2 aliphatic carbocycles. The SMILES string of the molecule is CC1CCC(C2CC[C@@H](c3cc(F)c(OC=C(F)F)c(F)c3)C(F)C2)CC1. The van der Waals surface area contributed by atoms with Gasteiger partial charge in [0.15, 0.2) is 23.6 Å². The molecule has 0 spiro atoms. The molecule has 1 aromatic rings. The fourth-order valence-corrected chi connectivity index (χ4v) is 4.72. The summed E-state index contributed by atoms with van der Waals surface area (Å²) >= 11 is 0.